The molecule has 168 valence electrons. The summed E-state index contributed by atoms with van der Waals surface area (Å²) in [7, 11) is 0. The lowest BCUT2D eigenvalue weighted by Gasteiger charge is -2.41. The fourth-order valence-electron chi connectivity index (χ4n) is 4.15. The lowest BCUT2D eigenvalue weighted by atomic mass is 10.0. The zero-order valence-corrected chi connectivity index (χ0v) is 17.8. The van der Waals surface area contributed by atoms with Crippen molar-refractivity contribution in [2.75, 3.05) is 31.6 Å². The van der Waals surface area contributed by atoms with E-state index in [1.807, 2.05) is 25.1 Å². The van der Waals surface area contributed by atoms with E-state index in [1.54, 1.807) is 0 Å². The Balaban J connectivity index is 1.27. The maximum Gasteiger partial charge on any atom is 0.246 e. The Morgan fingerprint density at radius 1 is 1.09 bits per heavy atom. The predicted octanol–water partition coefficient (Wildman–Crippen LogP) is 3.84. The summed E-state index contributed by atoms with van der Waals surface area (Å²) in [4.78, 5) is 6.66. The summed E-state index contributed by atoms with van der Waals surface area (Å²) in [5.41, 5.74) is 2.08. The van der Waals surface area contributed by atoms with Crippen LogP contribution in [0.25, 0.3) is 5.69 Å². The molecule has 2 aliphatic rings. The second-order valence-corrected chi connectivity index (χ2v) is 8.37. The molecule has 0 unspecified atom stereocenters. The largest absolute Gasteiger partial charge is 0.489 e. The normalized spacial score (nSPS) is 19.5. The van der Waals surface area contributed by atoms with E-state index >= 15 is 0 Å². The van der Waals surface area contributed by atoms with Gasteiger partial charge in [-0.25, -0.2) is 13.5 Å². The third-order valence-corrected chi connectivity index (χ3v) is 5.76. The molecule has 5 rings (SSSR count). The Bertz CT molecular complexity index is 1080. The fourth-order valence-corrected chi connectivity index (χ4v) is 4.15. The van der Waals surface area contributed by atoms with Crippen molar-refractivity contribution in [3.63, 3.8) is 0 Å². The molecule has 2 fully saturated rings. The molecule has 0 saturated carbocycles. The second kappa shape index (κ2) is 8.84. The van der Waals surface area contributed by atoms with E-state index in [4.69, 9.17) is 9.47 Å². The lowest BCUT2D eigenvalue weighted by Crippen LogP contribution is -2.54. The van der Waals surface area contributed by atoms with Crippen molar-refractivity contribution < 1.29 is 18.3 Å². The molecule has 0 aliphatic carbocycles. The average Bonchev–Trinajstić information content (AvgIpc) is 3.14. The second-order valence-electron chi connectivity index (χ2n) is 8.37. The highest BCUT2D eigenvalue weighted by atomic mass is 19.1. The highest BCUT2D eigenvalue weighted by molar-refractivity contribution is 5.57. The van der Waals surface area contributed by atoms with Crippen LogP contribution >= 0.6 is 0 Å². The molecule has 1 aromatic heterocycles. The summed E-state index contributed by atoms with van der Waals surface area (Å²) < 4.78 is 40.0. The summed E-state index contributed by atoms with van der Waals surface area (Å²) in [6.07, 6.45) is 3.68. The Morgan fingerprint density at radius 3 is 2.66 bits per heavy atom. The van der Waals surface area contributed by atoms with Gasteiger partial charge in [0.25, 0.3) is 0 Å². The number of halogens is 2. The standard InChI is InChI=1S/C23H25F2N5O2/c1-15-5-18(27-23-26-14-30(28-23)19-8-16(24)7-17(25)9-19)10-22(6-15)32-21-3-2-4-29(11-21)20-12-31-13-20/h5-10,14,20-21H,2-4,11-13H2,1H3,(H,27,28)/t21-/m1/s1. The predicted molar refractivity (Wildman–Crippen MR) is 116 cm³/mol. The number of ether oxygens (including phenoxy) is 2. The maximum absolute atomic E-state index is 13.5. The molecule has 2 aliphatic heterocycles. The maximum atomic E-state index is 13.5. The van der Waals surface area contributed by atoms with Crippen LogP contribution in [-0.4, -0.2) is 58.1 Å². The Kier molecular flexibility index (Phi) is 5.75. The number of benzene rings is 2. The van der Waals surface area contributed by atoms with Gasteiger partial charge in [0, 0.05) is 24.4 Å². The minimum absolute atomic E-state index is 0.138. The van der Waals surface area contributed by atoms with Crippen LogP contribution in [0.2, 0.25) is 0 Å². The molecule has 32 heavy (non-hydrogen) atoms. The molecule has 7 nitrogen and oxygen atoms in total. The van der Waals surface area contributed by atoms with E-state index in [0.717, 1.165) is 62.2 Å². The van der Waals surface area contributed by atoms with Crippen molar-refractivity contribution in [1.29, 1.82) is 0 Å². The number of aryl methyl sites for hydroxylation is 1. The van der Waals surface area contributed by atoms with Gasteiger partial charge in [0.2, 0.25) is 5.95 Å². The summed E-state index contributed by atoms with van der Waals surface area (Å²) in [5.74, 6) is -0.232. The van der Waals surface area contributed by atoms with Crippen molar-refractivity contribution in [2.24, 2.45) is 0 Å². The van der Waals surface area contributed by atoms with Crippen LogP contribution < -0.4 is 10.1 Å². The van der Waals surface area contributed by atoms with E-state index in [9.17, 15) is 8.78 Å². The molecule has 2 saturated heterocycles. The van der Waals surface area contributed by atoms with Gasteiger partial charge in [-0.2, -0.15) is 4.98 Å². The first-order valence-electron chi connectivity index (χ1n) is 10.8. The van der Waals surface area contributed by atoms with E-state index in [2.05, 4.69) is 20.3 Å². The minimum atomic E-state index is -0.670. The van der Waals surface area contributed by atoms with Gasteiger partial charge in [-0.3, -0.25) is 4.90 Å². The highest BCUT2D eigenvalue weighted by Crippen LogP contribution is 2.27. The molecule has 0 spiro atoms. The molecule has 2 aromatic carbocycles. The minimum Gasteiger partial charge on any atom is -0.489 e. The van der Waals surface area contributed by atoms with Crippen LogP contribution in [0.4, 0.5) is 20.4 Å². The number of anilines is 2. The van der Waals surface area contributed by atoms with Gasteiger partial charge in [-0.1, -0.05) is 0 Å². The summed E-state index contributed by atoms with van der Waals surface area (Å²) in [6, 6.07) is 9.63. The summed E-state index contributed by atoms with van der Waals surface area (Å²) >= 11 is 0. The molecule has 3 heterocycles. The van der Waals surface area contributed by atoms with Crippen molar-refractivity contribution in [3.05, 3.63) is 59.9 Å². The molecule has 1 N–H and O–H groups in total. The Hall–Kier alpha value is -3.04. The molecule has 3 aromatic rings. The number of rotatable bonds is 6. The van der Waals surface area contributed by atoms with Crippen LogP contribution in [0.3, 0.4) is 0 Å². The van der Waals surface area contributed by atoms with Crippen LogP contribution in [-0.2, 0) is 4.74 Å². The first kappa shape index (κ1) is 20.8. The number of likely N-dealkylation sites (tertiary alicyclic amines) is 1. The van der Waals surface area contributed by atoms with E-state index < -0.39 is 11.6 Å². The number of aromatic nitrogens is 3. The van der Waals surface area contributed by atoms with Crippen molar-refractivity contribution >= 4 is 11.6 Å². The summed E-state index contributed by atoms with van der Waals surface area (Å²) in [6.45, 7) is 5.62. The van der Waals surface area contributed by atoms with E-state index in [0.29, 0.717) is 12.0 Å². The number of hydrogen-bond donors (Lipinski definition) is 1. The average molecular weight is 441 g/mol. The summed E-state index contributed by atoms with van der Waals surface area (Å²) in [5, 5.41) is 7.43. The molecule has 0 radical (unpaired) electrons. The van der Waals surface area contributed by atoms with Gasteiger partial charge >= 0.3 is 0 Å². The first-order chi connectivity index (χ1) is 15.5. The van der Waals surface area contributed by atoms with Crippen LogP contribution in [0, 0.1) is 18.6 Å². The van der Waals surface area contributed by atoms with E-state index in [1.165, 1.54) is 23.1 Å². The highest BCUT2D eigenvalue weighted by Gasteiger charge is 2.31. The van der Waals surface area contributed by atoms with Gasteiger partial charge in [0.1, 0.15) is 29.8 Å². The smallest absolute Gasteiger partial charge is 0.246 e. The topological polar surface area (TPSA) is 64.4 Å². The van der Waals surface area contributed by atoms with Gasteiger partial charge in [0.05, 0.1) is 24.9 Å². The van der Waals surface area contributed by atoms with Crippen molar-refractivity contribution in [2.45, 2.75) is 31.9 Å². The van der Waals surface area contributed by atoms with Crippen molar-refractivity contribution in [1.82, 2.24) is 19.7 Å². The number of nitrogens with zero attached hydrogens (tertiary/aromatic N) is 4. The zero-order chi connectivity index (χ0) is 22.1. The Morgan fingerprint density at radius 2 is 1.91 bits per heavy atom. The van der Waals surface area contributed by atoms with Crippen LogP contribution in [0.1, 0.15) is 18.4 Å². The molecule has 9 heteroatoms. The lowest BCUT2D eigenvalue weighted by molar-refractivity contribution is -0.0825. The van der Waals surface area contributed by atoms with Gasteiger partial charge < -0.3 is 14.8 Å². The number of nitrogens with one attached hydrogen (secondary N) is 1. The fraction of sp³-hybridized carbons (Fsp3) is 0.391. The quantitative estimate of drug-likeness (QED) is 0.627. The monoisotopic (exact) mass is 441 g/mol. The van der Waals surface area contributed by atoms with E-state index in [-0.39, 0.29) is 11.8 Å². The molecule has 1 atom stereocenters. The third-order valence-electron chi connectivity index (χ3n) is 5.76. The van der Waals surface area contributed by atoms with Crippen molar-refractivity contribution in [3.8, 4) is 11.4 Å². The zero-order valence-electron chi connectivity index (χ0n) is 17.8. The Labute approximate surface area is 185 Å². The number of piperidine rings is 1. The van der Waals surface area contributed by atoms with Crippen LogP contribution in [0.5, 0.6) is 5.75 Å². The third kappa shape index (κ3) is 4.73. The SMILES string of the molecule is Cc1cc(Nc2ncn(-c3cc(F)cc(F)c3)n2)cc(O[C@@H]2CCCN(C3COC3)C2)c1. The first-order valence-corrected chi connectivity index (χ1v) is 10.8. The molecular weight excluding hydrogens is 416 g/mol. The van der Waals surface area contributed by atoms with Gasteiger partial charge in [-0.15, -0.1) is 5.10 Å². The molecular formula is C23H25F2N5O2. The molecule has 0 bridgehead atoms. The molecule has 0 amide bonds. The van der Waals surface area contributed by atoms with Gasteiger partial charge in [-0.05, 0) is 56.1 Å². The van der Waals surface area contributed by atoms with Crippen LogP contribution in [0.15, 0.2) is 42.7 Å². The van der Waals surface area contributed by atoms with Gasteiger partial charge in [0.15, 0.2) is 0 Å². The number of hydrogen-bond acceptors (Lipinski definition) is 6.